The molecule has 23 heavy (non-hydrogen) atoms. The van der Waals surface area contributed by atoms with E-state index in [1.807, 2.05) is 19.9 Å². The van der Waals surface area contributed by atoms with Gasteiger partial charge in [0.1, 0.15) is 0 Å². The van der Waals surface area contributed by atoms with Crippen LogP contribution in [0.25, 0.3) is 0 Å². The van der Waals surface area contributed by atoms with E-state index in [4.69, 9.17) is 0 Å². The minimum atomic E-state index is 0.0689. The number of likely N-dealkylation sites (tertiary alicyclic amines) is 1. The highest BCUT2D eigenvalue weighted by Gasteiger charge is 2.21. The van der Waals surface area contributed by atoms with Crippen LogP contribution in [0.5, 0.6) is 0 Å². The molecule has 0 unspecified atom stereocenters. The van der Waals surface area contributed by atoms with E-state index in [-0.39, 0.29) is 5.91 Å². The Bertz CT molecular complexity index is 515. The molecule has 2 heterocycles. The Kier molecular flexibility index (Phi) is 6.84. The molecule has 1 fully saturated rings. The number of hydrogen-bond donors (Lipinski definition) is 1. The van der Waals surface area contributed by atoms with E-state index in [0.717, 1.165) is 24.5 Å². The second-order valence-corrected chi connectivity index (χ2v) is 7.57. The van der Waals surface area contributed by atoms with Gasteiger partial charge in [0, 0.05) is 30.5 Å². The summed E-state index contributed by atoms with van der Waals surface area (Å²) in [5.41, 5.74) is 1.88. The van der Waals surface area contributed by atoms with Crippen LogP contribution in [0.4, 0.5) is 0 Å². The molecule has 0 aromatic carbocycles. The van der Waals surface area contributed by atoms with Crippen molar-refractivity contribution in [3.8, 4) is 0 Å². The van der Waals surface area contributed by atoms with Gasteiger partial charge in [-0.2, -0.15) is 0 Å². The molecule has 0 radical (unpaired) electrons. The summed E-state index contributed by atoms with van der Waals surface area (Å²) in [6.07, 6.45) is 2.43. The van der Waals surface area contributed by atoms with E-state index in [1.165, 1.54) is 31.1 Å². The van der Waals surface area contributed by atoms with Gasteiger partial charge in [-0.05, 0) is 59.1 Å². The maximum atomic E-state index is 12.0. The number of thioether (sulfide) groups is 1. The number of nitrogens with one attached hydrogen (secondary N) is 1. The van der Waals surface area contributed by atoms with Crippen LogP contribution in [0.1, 0.15) is 38.1 Å². The van der Waals surface area contributed by atoms with Crippen LogP contribution in [0, 0.1) is 19.8 Å². The van der Waals surface area contributed by atoms with Crippen LogP contribution in [0.15, 0.2) is 11.2 Å². The molecule has 6 heteroatoms. The summed E-state index contributed by atoms with van der Waals surface area (Å²) in [6, 6.07) is 2.53. The standard InChI is InChI=1S/C17H28N4OS/c1-12(2)21-7-5-6-15(10-21)9-18-16(22)11-23-17-19-13(3)8-14(4)20-17/h8,12,15H,5-7,9-11H2,1-4H3,(H,18,22)/t15-/m0/s1. The predicted molar refractivity (Wildman–Crippen MR) is 94.7 cm³/mol. The lowest BCUT2D eigenvalue weighted by Crippen LogP contribution is -2.44. The molecule has 1 aromatic rings. The van der Waals surface area contributed by atoms with Crippen LogP contribution in [-0.4, -0.2) is 52.2 Å². The van der Waals surface area contributed by atoms with Gasteiger partial charge < -0.3 is 10.2 Å². The van der Waals surface area contributed by atoms with Gasteiger partial charge in [-0.15, -0.1) is 0 Å². The fourth-order valence-corrected chi connectivity index (χ4v) is 3.71. The van der Waals surface area contributed by atoms with Crippen LogP contribution in [0.2, 0.25) is 0 Å². The highest BCUT2D eigenvalue weighted by Crippen LogP contribution is 2.18. The SMILES string of the molecule is Cc1cc(C)nc(SCC(=O)NC[C@@H]2CCCN(C(C)C)C2)n1. The normalized spacial score (nSPS) is 19.1. The summed E-state index contributed by atoms with van der Waals surface area (Å²) >= 11 is 1.40. The molecule has 0 saturated carbocycles. The molecular formula is C17H28N4OS. The molecule has 0 spiro atoms. The van der Waals surface area contributed by atoms with Crippen molar-refractivity contribution in [2.75, 3.05) is 25.4 Å². The highest BCUT2D eigenvalue weighted by atomic mass is 32.2. The van der Waals surface area contributed by atoms with Gasteiger partial charge in [0.25, 0.3) is 0 Å². The van der Waals surface area contributed by atoms with Crippen molar-refractivity contribution in [2.24, 2.45) is 5.92 Å². The number of rotatable bonds is 6. The molecule has 0 aliphatic carbocycles. The van der Waals surface area contributed by atoms with Crippen LogP contribution >= 0.6 is 11.8 Å². The van der Waals surface area contributed by atoms with Crippen LogP contribution in [-0.2, 0) is 4.79 Å². The Balaban J connectivity index is 1.72. The molecule has 5 nitrogen and oxygen atoms in total. The number of piperidine rings is 1. The van der Waals surface area contributed by atoms with E-state index in [0.29, 0.717) is 22.9 Å². The van der Waals surface area contributed by atoms with Crippen molar-refractivity contribution in [3.63, 3.8) is 0 Å². The molecule has 1 aliphatic rings. The third-order valence-corrected chi connectivity index (χ3v) is 5.01. The molecular weight excluding hydrogens is 308 g/mol. The first-order chi connectivity index (χ1) is 10.9. The molecule has 0 bridgehead atoms. The smallest absolute Gasteiger partial charge is 0.230 e. The summed E-state index contributed by atoms with van der Waals surface area (Å²) in [6.45, 7) is 11.4. The van der Waals surface area contributed by atoms with Gasteiger partial charge in [-0.3, -0.25) is 4.79 Å². The van der Waals surface area contributed by atoms with Gasteiger partial charge in [0.2, 0.25) is 5.91 Å². The monoisotopic (exact) mass is 336 g/mol. The molecule has 1 atom stereocenters. The predicted octanol–water partition coefficient (Wildman–Crippen LogP) is 2.42. The largest absolute Gasteiger partial charge is 0.355 e. The number of carbonyl (C=O) groups excluding carboxylic acids is 1. The lowest BCUT2D eigenvalue weighted by molar-refractivity contribution is -0.118. The first-order valence-electron chi connectivity index (χ1n) is 8.40. The van der Waals surface area contributed by atoms with Crippen molar-refractivity contribution in [3.05, 3.63) is 17.5 Å². The quantitative estimate of drug-likeness (QED) is 0.639. The second kappa shape index (κ2) is 8.64. The van der Waals surface area contributed by atoms with Crippen molar-refractivity contribution >= 4 is 17.7 Å². The highest BCUT2D eigenvalue weighted by molar-refractivity contribution is 7.99. The summed E-state index contributed by atoms with van der Waals surface area (Å²) in [7, 11) is 0. The van der Waals surface area contributed by atoms with Gasteiger partial charge in [0.05, 0.1) is 5.75 Å². The van der Waals surface area contributed by atoms with Crippen LogP contribution < -0.4 is 5.32 Å². The molecule has 1 aromatic heterocycles. The molecule has 1 N–H and O–H groups in total. The first-order valence-corrected chi connectivity index (χ1v) is 9.38. The minimum absolute atomic E-state index is 0.0689. The van der Waals surface area contributed by atoms with E-state index < -0.39 is 0 Å². The number of carbonyl (C=O) groups is 1. The summed E-state index contributed by atoms with van der Waals surface area (Å²) in [5.74, 6) is 1.01. The zero-order valence-corrected chi connectivity index (χ0v) is 15.4. The zero-order valence-electron chi connectivity index (χ0n) is 14.6. The van der Waals surface area contributed by atoms with Gasteiger partial charge >= 0.3 is 0 Å². The molecule has 1 saturated heterocycles. The van der Waals surface area contributed by atoms with Gasteiger partial charge in [-0.25, -0.2) is 9.97 Å². The summed E-state index contributed by atoms with van der Waals surface area (Å²) in [5, 5.41) is 3.75. The Morgan fingerprint density at radius 1 is 1.39 bits per heavy atom. The van der Waals surface area contributed by atoms with E-state index in [9.17, 15) is 4.79 Å². The van der Waals surface area contributed by atoms with E-state index >= 15 is 0 Å². The zero-order chi connectivity index (χ0) is 16.8. The van der Waals surface area contributed by atoms with Crippen molar-refractivity contribution in [1.82, 2.24) is 20.2 Å². The van der Waals surface area contributed by atoms with E-state index in [2.05, 4.69) is 34.0 Å². The van der Waals surface area contributed by atoms with Crippen LogP contribution in [0.3, 0.4) is 0 Å². The summed E-state index contributed by atoms with van der Waals surface area (Å²) < 4.78 is 0. The fourth-order valence-electron chi connectivity index (χ4n) is 2.93. The number of aryl methyl sites for hydroxylation is 2. The Hall–Kier alpha value is -1.14. The molecule has 1 aliphatic heterocycles. The number of nitrogens with zero attached hydrogens (tertiary/aromatic N) is 3. The topological polar surface area (TPSA) is 58.1 Å². The third-order valence-electron chi connectivity index (χ3n) is 4.16. The van der Waals surface area contributed by atoms with Crippen molar-refractivity contribution in [2.45, 2.75) is 51.7 Å². The third kappa shape index (κ3) is 6.11. The van der Waals surface area contributed by atoms with Gasteiger partial charge in [-0.1, -0.05) is 11.8 Å². The lowest BCUT2D eigenvalue weighted by Gasteiger charge is -2.35. The maximum absolute atomic E-state index is 12.0. The minimum Gasteiger partial charge on any atom is -0.355 e. The number of amides is 1. The second-order valence-electron chi connectivity index (χ2n) is 6.62. The van der Waals surface area contributed by atoms with Crippen molar-refractivity contribution in [1.29, 1.82) is 0 Å². The Morgan fingerprint density at radius 3 is 2.74 bits per heavy atom. The maximum Gasteiger partial charge on any atom is 0.230 e. The fraction of sp³-hybridized carbons (Fsp3) is 0.706. The molecule has 1 amide bonds. The molecule has 128 valence electrons. The first kappa shape index (κ1) is 18.2. The number of aromatic nitrogens is 2. The van der Waals surface area contributed by atoms with Gasteiger partial charge in [0.15, 0.2) is 5.16 Å². The summed E-state index contributed by atoms with van der Waals surface area (Å²) in [4.78, 5) is 23.2. The lowest BCUT2D eigenvalue weighted by atomic mass is 9.97. The van der Waals surface area contributed by atoms with E-state index in [1.54, 1.807) is 0 Å². The average molecular weight is 337 g/mol. The number of hydrogen-bond acceptors (Lipinski definition) is 5. The molecule has 2 rings (SSSR count). The van der Waals surface area contributed by atoms with Crippen molar-refractivity contribution < 1.29 is 4.79 Å². The average Bonchev–Trinajstić information content (AvgIpc) is 2.50. The Labute approximate surface area is 143 Å². The Morgan fingerprint density at radius 2 is 2.09 bits per heavy atom.